The SMILES string of the molecule is CC(C)CNCC/C=C/Cl. The summed E-state index contributed by atoms with van der Waals surface area (Å²) in [6, 6.07) is 0. The number of halogens is 1. The fraction of sp³-hybridized carbons (Fsp3) is 0.750. The lowest BCUT2D eigenvalue weighted by Gasteiger charge is -2.04. The summed E-state index contributed by atoms with van der Waals surface area (Å²) in [6.07, 6.45) is 2.98. The van der Waals surface area contributed by atoms with Crippen LogP contribution in [0.4, 0.5) is 0 Å². The molecule has 0 spiro atoms. The topological polar surface area (TPSA) is 12.0 Å². The van der Waals surface area contributed by atoms with E-state index >= 15 is 0 Å². The monoisotopic (exact) mass is 161 g/mol. The summed E-state index contributed by atoms with van der Waals surface area (Å²) >= 11 is 5.33. The van der Waals surface area contributed by atoms with Gasteiger partial charge in [0.2, 0.25) is 0 Å². The van der Waals surface area contributed by atoms with Gasteiger partial charge in [-0.2, -0.15) is 0 Å². The van der Waals surface area contributed by atoms with Crippen LogP contribution in [0.5, 0.6) is 0 Å². The summed E-state index contributed by atoms with van der Waals surface area (Å²) in [7, 11) is 0. The van der Waals surface area contributed by atoms with Crippen molar-refractivity contribution < 1.29 is 0 Å². The van der Waals surface area contributed by atoms with E-state index in [1.165, 1.54) is 0 Å². The summed E-state index contributed by atoms with van der Waals surface area (Å²) in [4.78, 5) is 0. The van der Waals surface area contributed by atoms with E-state index in [4.69, 9.17) is 11.6 Å². The highest BCUT2D eigenvalue weighted by Gasteiger charge is 1.89. The van der Waals surface area contributed by atoms with Crippen LogP contribution < -0.4 is 5.32 Å². The van der Waals surface area contributed by atoms with Crippen molar-refractivity contribution in [2.75, 3.05) is 13.1 Å². The molecule has 0 rings (SSSR count). The van der Waals surface area contributed by atoms with Crippen LogP contribution in [0.2, 0.25) is 0 Å². The van der Waals surface area contributed by atoms with E-state index in [-0.39, 0.29) is 0 Å². The zero-order valence-corrected chi connectivity index (χ0v) is 7.49. The van der Waals surface area contributed by atoms with Gasteiger partial charge in [-0.1, -0.05) is 31.5 Å². The third-order valence-electron chi connectivity index (χ3n) is 1.13. The summed E-state index contributed by atoms with van der Waals surface area (Å²) in [6.45, 7) is 6.52. The Balaban J connectivity index is 2.91. The maximum Gasteiger partial charge on any atom is 0.000293 e. The zero-order chi connectivity index (χ0) is 7.82. The molecule has 0 radical (unpaired) electrons. The Labute approximate surface area is 68.5 Å². The molecule has 0 saturated carbocycles. The van der Waals surface area contributed by atoms with Crippen LogP contribution in [0, 0.1) is 5.92 Å². The van der Waals surface area contributed by atoms with Gasteiger partial charge in [0.05, 0.1) is 0 Å². The van der Waals surface area contributed by atoms with Crippen molar-refractivity contribution >= 4 is 11.6 Å². The highest BCUT2D eigenvalue weighted by atomic mass is 35.5. The molecule has 0 unspecified atom stereocenters. The van der Waals surface area contributed by atoms with Gasteiger partial charge in [0.15, 0.2) is 0 Å². The summed E-state index contributed by atoms with van der Waals surface area (Å²) in [5.41, 5.74) is 1.57. The Morgan fingerprint density at radius 2 is 2.20 bits per heavy atom. The molecule has 0 aliphatic rings. The lowest BCUT2D eigenvalue weighted by Crippen LogP contribution is -2.20. The Hall–Kier alpha value is -0.0100. The van der Waals surface area contributed by atoms with Gasteiger partial charge in [0, 0.05) is 5.54 Å². The minimum absolute atomic E-state index is 0.736. The van der Waals surface area contributed by atoms with Crippen molar-refractivity contribution in [3.05, 3.63) is 11.6 Å². The van der Waals surface area contributed by atoms with Crippen LogP contribution in [0.1, 0.15) is 20.3 Å². The molecular weight excluding hydrogens is 146 g/mol. The first kappa shape index (κ1) is 9.99. The molecule has 60 valence electrons. The van der Waals surface area contributed by atoms with Gasteiger partial charge < -0.3 is 5.32 Å². The molecule has 0 aromatic rings. The second kappa shape index (κ2) is 7.10. The Morgan fingerprint density at radius 1 is 1.50 bits per heavy atom. The first-order valence-electron chi connectivity index (χ1n) is 3.73. The quantitative estimate of drug-likeness (QED) is 0.611. The molecule has 2 heteroatoms. The lowest BCUT2D eigenvalue weighted by atomic mass is 10.2. The van der Waals surface area contributed by atoms with Crippen molar-refractivity contribution in [3.8, 4) is 0 Å². The van der Waals surface area contributed by atoms with E-state index in [2.05, 4.69) is 19.2 Å². The Kier molecular flexibility index (Phi) is 7.09. The van der Waals surface area contributed by atoms with E-state index in [0.29, 0.717) is 0 Å². The second-order valence-electron chi connectivity index (χ2n) is 2.75. The zero-order valence-electron chi connectivity index (χ0n) is 6.73. The predicted molar refractivity (Wildman–Crippen MR) is 47.3 cm³/mol. The largest absolute Gasteiger partial charge is 0.316 e. The minimum atomic E-state index is 0.736. The summed E-state index contributed by atoms with van der Waals surface area (Å²) in [5, 5.41) is 3.31. The van der Waals surface area contributed by atoms with Crippen LogP contribution in [0.15, 0.2) is 11.6 Å². The molecule has 0 fully saturated rings. The maximum absolute atomic E-state index is 5.33. The normalized spacial score (nSPS) is 11.6. The average molecular weight is 162 g/mol. The van der Waals surface area contributed by atoms with Gasteiger partial charge in [0.25, 0.3) is 0 Å². The summed E-state index contributed by atoms with van der Waals surface area (Å²) < 4.78 is 0. The molecular formula is C8H16ClN. The van der Waals surface area contributed by atoms with E-state index in [9.17, 15) is 0 Å². The number of nitrogens with one attached hydrogen (secondary N) is 1. The molecule has 0 bridgehead atoms. The van der Waals surface area contributed by atoms with Gasteiger partial charge >= 0.3 is 0 Å². The third-order valence-corrected chi connectivity index (χ3v) is 1.31. The molecule has 0 aliphatic heterocycles. The van der Waals surface area contributed by atoms with E-state index in [0.717, 1.165) is 25.4 Å². The number of rotatable bonds is 5. The maximum atomic E-state index is 5.33. The molecule has 0 aromatic heterocycles. The van der Waals surface area contributed by atoms with Gasteiger partial charge in [-0.15, -0.1) is 0 Å². The standard InChI is InChI=1S/C8H16ClN/c1-8(2)7-10-6-4-3-5-9/h3,5,8,10H,4,6-7H2,1-2H3/b5-3+. The molecule has 0 amide bonds. The molecule has 0 aromatic carbocycles. The third kappa shape index (κ3) is 7.99. The van der Waals surface area contributed by atoms with E-state index in [1.807, 2.05) is 6.08 Å². The van der Waals surface area contributed by atoms with Gasteiger partial charge in [-0.3, -0.25) is 0 Å². The molecule has 1 N–H and O–H groups in total. The van der Waals surface area contributed by atoms with Crippen molar-refractivity contribution in [1.29, 1.82) is 0 Å². The van der Waals surface area contributed by atoms with E-state index < -0.39 is 0 Å². The number of hydrogen-bond acceptors (Lipinski definition) is 1. The van der Waals surface area contributed by atoms with Crippen molar-refractivity contribution in [1.82, 2.24) is 5.32 Å². The summed E-state index contributed by atoms with van der Waals surface area (Å²) in [5.74, 6) is 0.736. The van der Waals surface area contributed by atoms with Crippen LogP contribution in [0.3, 0.4) is 0 Å². The molecule has 0 aliphatic carbocycles. The average Bonchev–Trinajstić information content (AvgIpc) is 1.87. The van der Waals surface area contributed by atoms with Crippen LogP contribution in [-0.4, -0.2) is 13.1 Å². The smallest absolute Gasteiger partial charge is 0.000293 e. The predicted octanol–water partition coefficient (Wildman–Crippen LogP) is 2.37. The van der Waals surface area contributed by atoms with Crippen molar-refractivity contribution in [3.63, 3.8) is 0 Å². The lowest BCUT2D eigenvalue weighted by molar-refractivity contribution is 0.557. The highest BCUT2D eigenvalue weighted by Crippen LogP contribution is 1.88. The van der Waals surface area contributed by atoms with Crippen LogP contribution in [0.25, 0.3) is 0 Å². The fourth-order valence-electron chi connectivity index (χ4n) is 0.639. The molecule has 0 atom stereocenters. The second-order valence-corrected chi connectivity index (χ2v) is 3.00. The van der Waals surface area contributed by atoms with Gasteiger partial charge in [-0.05, 0) is 25.4 Å². The minimum Gasteiger partial charge on any atom is -0.316 e. The van der Waals surface area contributed by atoms with Crippen LogP contribution >= 0.6 is 11.6 Å². The number of hydrogen-bond donors (Lipinski definition) is 1. The van der Waals surface area contributed by atoms with Gasteiger partial charge in [0.1, 0.15) is 0 Å². The van der Waals surface area contributed by atoms with Crippen molar-refractivity contribution in [2.24, 2.45) is 5.92 Å². The van der Waals surface area contributed by atoms with Crippen molar-refractivity contribution in [2.45, 2.75) is 20.3 Å². The highest BCUT2D eigenvalue weighted by molar-refractivity contribution is 6.25. The molecule has 1 nitrogen and oxygen atoms in total. The first-order chi connectivity index (χ1) is 4.77. The van der Waals surface area contributed by atoms with E-state index in [1.54, 1.807) is 5.54 Å². The van der Waals surface area contributed by atoms with Gasteiger partial charge in [-0.25, -0.2) is 0 Å². The Morgan fingerprint density at radius 3 is 2.70 bits per heavy atom. The Bertz CT molecular complexity index is 89.3. The molecule has 10 heavy (non-hydrogen) atoms. The fourth-order valence-corrected chi connectivity index (χ4v) is 0.765. The molecule has 0 heterocycles. The molecule has 0 saturated heterocycles. The first-order valence-corrected chi connectivity index (χ1v) is 4.17. The van der Waals surface area contributed by atoms with Crippen LogP contribution in [-0.2, 0) is 0 Å².